The van der Waals surface area contributed by atoms with Crippen LogP contribution in [0.1, 0.15) is 16.8 Å². The van der Waals surface area contributed by atoms with Crippen molar-refractivity contribution >= 4 is 21.8 Å². The fourth-order valence-corrected chi connectivity index (χ4v) is 1.95. The third kappa shape index (κ3) is 2.76. The van der Waals surface area contributed by atoms with Crippen LogP contribution >= 0.6 is 15.9 Å². The monoisotopic (exact) mass is 269 g/mol. The van der Waals surface area contributed by atoms with Gasteiger partial charge in [0.2, 0.25) is 0 Å². The van der Waals surface area contributed by atoms with Crippen molar-refractivity contribution in [3.8, 4) is 0 Å². The van der Waals surface area contributed by atoms with Gasteiger partial charge in [0.15, 0.2) is 0 Å². The minimum atomic E-state index is -0.0579. The van der Waals surface area contributed by atoms with Gasteiger partial charge in [0.05, 0.1) is 5.56 Å². The van der Waals surface area contributed by atoms with Crippen molar-refractivity contribution in [2.24, 2.45) is 0 Å². The van der Waals surface area contributed by atoms with Crippen molar-refractivity contribution < 1.29 is 4.79 Å². The van der Waals surface area contributed by atoms with Crippen LogP contribution in [0.3, 0.4) is 0 Å². The average Bonchev–Trinajstić information content (AvgIpc) is 2.70. The Bertz CT molecular complexity index is 363. The first-order valence-electron chi connectivity index (χ1n) is 4.88. The molecule has 1 amide bonds. The van der Waals surface area contributed by atoms with Crippen molar-refractivity contribution in [2.45, 2.75) is 12.5 Å². The molecule has 1 aromatic rings. The Morgan fingerprint density at radius 3 is 3.13 bits per heavy atom. The molecule has 0 spiro atoms. The zero-order chi connectivity index (χ0) is 10.7. The van der Waals surface area contributed by atoms with E-state index in [2.05, 4.69) is 31.5 Å². The molecule has 1 aromatic heterocycles. The first-order chi connectivity index (χ1) is 7.25. The van der Waals surface area contributed by atoms with Crippen LogP contribution in [0.5, 0.6) is 0 Å². The van der Waals surface area contributed by atoms with Gasteiger partial charge < -0.3 is 10.6 Å². The van der Waals surface area contributed by atoms with Gasteiger partial charge in [-0.05, 0) is 35.0 Å². The number of nitrogens with zero attached hydrogens (tertiary/aromatic N) is 1. The van der Waals surface area contributed by atoms with Crippen molar-refractivity contribution in [3.63, 3.8) is 0 Å². The second kappa shape index (κ2) is 4.72. The van der Waals surface area contributed by atoms with E-state index in [0.29, 0.717) is 5.56 Å². The number of hydrogen-bond acceptors (Lipinski definition) is 3. The second-order valence-electron chi connectivity index (χ2n) is 3.56. The highest BCUT2D eigenvalue weighted by molar-refractivity contribution is 9.10. The molecule has 2 N–H and O–H groups in total. The van der Waals surface area contributed by atoms with Gasteiger partial charge in [-0.2, -0.15) is 0 Å². The second-order valence-corrected chi connectivity index (χ2v) is 4.47. The van der Waals surface area contributed by atoms with Crippen LogP contribution < -0.4 is 10.6 Å². The van der Waals surface area contributed by atoms with Crippen molar-refractivity contribution in [2.75, 3.05) is 13.1 Å². The highest BCUT2D eigenvalue weighted by Crippen LogP contribution is 2.10. The van der Waals surface area contributed by atoms with Gasteiger partial charge in [-0.15, -0.1) is 0 Å². The fourth-order valence-electron chi connectivity index (χ4n) is 1.58. The van der Waals surface area contributed by atoms with Crippen LogP contribution in [-0.2, 0) is 0 Å². The summed E-state index contributed by atoms with van der Waals surface area (Å²) >= 11 is 3.29. The van der Waals surface area contributed by atoms with Gasteiger partial charge >= 0.3 is 0 Å². The molecule has 0 radical (unpaired) electrons. The summed E-state index contributed by atoms with van der Waals surface area (Å²) in [6.45, 7) is 1.83. The van der Waals surface area contributed by atoms with Gasteiger partial charge in [-0.1, -0.05) is 0 Å². The average molecular weight is 270 g/mol. The first kappa shape index (κ1) is 10.6. The highest BCUT2D eigenvalue weighted by atomic mass is 79.9. The molecule has 2 heterocycles. The highest BCUT2D eigenvalue weighted by Gasteiger charge is 2.17. The van der Waals surface area contributed by atoms with Crippen LogP contribution in [0.15, 0.2) is 22.9 Å². The van der Waals surface area contributed by atoms with E-state index in [0.717, 1.165) is 24.0 Å². The Hall–Kier alpha value is -0.940. The largest absolute Gasteiger partial charge is 0.348 e. The lowest BCUT2D eigenvalue weighted by Crippen LogP contribution is -2.36. The maximum Gasteiger partial charge on any atom is 0.253 e. The smallest absolute Gasteiger partial charge is 0.253 e. The van der Waals surface area contributed by atoms with Gasteiger partial charge in [-0.3, -0.25) is 9.78 Å². The molecule has 1 aliphatic heterocycles. The Balaban J connectivity index is 2.01. The minimum absolute atomic E-state index is 0.0579. The molecule has 0 aliphatic carbocycles. The Labute approximate surface area is 96.6 Å². The number of carbonyl (C=O) groups is 1. The molecule has 0 bridgehead atoms. The number of carbonyl (C=O) groups excluding carboxylic acids is 1. The molecule has 0 aromatic carbocycles. The van der Waals surface area contributed by atoms with Crippen molar-refractivity contribution in [3.05, 3.63) is 28.5 Å². The fraction of sp³-hybridized carbons (Fsp3) is 0.400. The Morgan fingerprint density at radius 1 is 1.60 bits per heavy atom. The Morgan fingerprint density at radius 2 is 2.47 bits per heavy atom. The van der Waals surface area contributed by atoms with Crippen molar-refractivity contribution in [1.82, 2.24) is 15.6 Å². The number of nitrogens with one attached hydrogen (secondary N) is 2. The molecule has 80 valence electrons. The van der Waals surface area contributed by atoms with Crippen LogP contribution in [0.2, 0.25) is 0 Å². The standard InChI is InChI=1S/C10H12BrN3O/c11-8-3-7(4-13-5-8)10(15)14-9-1-2-12-6-9/h3-5,9,12H,1-2,6H2,(H,14,15)/t9-/m0/s1. The van der Waals surface area contributed by atoms with E-state index in [9.17, 15) is 4.79 Å². The molecule has 0 saturated carbocycles. The molecular formula is C10H12BrN3O. The zero-order valence-corrected chi connectivity index (χ0v) is 9.75. The topological polar surface area (TPSA) is 54.0 Å². The molecule has 1 saturated heterocycles. The molecule has 1 atom stereocenters. The van der Waals surface area contributed by atoms with Gasteiger partial charge in [0.25, 0.3) is 5.91 Å². The quantitative estimate of drug-likeness (QED) is 0.840. The van der Waals surface area contributed by atoms with E-state index in [1.54, 1.807) is 18.5 Å². The molecular weight excluding hydrogens is 258 g/mol. The number of rotatable bonds is 2. The number of hydrogen-bond donors (Lipinski definition) is 2. The summed E-state index contributed by atoms with van der Waals surface area (Å²) in [6.07, 6.45) is 4.23. The molecule has 5 heteroatoms. The lowest BCUT2D eigenvalue weighted by Gasteiger charge is -2.10. The summed E-state index contributed by atoms with van der Waals surface area (Å²) < 4.78 is 0.819. The summed E-state index contributed by atoms with van der Waals surface area (Å²) in [5.41, 5.74) is 0.594. The number of amides is 1. The molecule has 2 rings (SSSR count). The van der Waals surface area contributed by atoms with Crippen LogP contribution in [0, 0.1) is 0 Å². The van der Waals surface area contributed by atoms with Crippen molar-refractivity contribution in [1.29, 1.82) is 0 Å². The summed E-state index contributed by atoms with van der Waals surface area (Å²) in [4.78, 5) is 15.7. The lowest BCUT2D eigenvalue weighted by atomic mass is 10.2. The molecule has 4 nitrogen and oxygen atoms in total. The summed E-state index contributed by atoms with van der Waals surface area (Å²) in [7, 11) is 0. The molecule has 1 fully saturated rings. The van der Waals surface area contributed by atoms with E-state index >= 15 is 0 Å². The van der Waals surface area contributed by atoms with Crippen LogP contribution in [0.4, 0.5) is 0 Å². The summed E-state index contributed by atoms with van der Waals surface area (Å²) in [6, 6.07) is 2.02. The lowest BCUT2D eigenvalue weighted by molar-refractivity contribution is 0.0939. The molecule has 0 unspecified atom stereocenters. The predicted molar refractivity (Wildman–Crippen MR) is 60.7 cm³/mol. The van der Waals surface area contributed by atoms with Gasteiger partial charge in [0.1, 0.15) is 0 Å². The van der Waals surface area contributed by atoms with E-state index < -0.39 is 0 Å². The van der Waals surface area contributed by atoms with E-state index in [4.69, 9.17) is 0 Å². The Kier molecular flexibility index (Phi) is 3.33. The number of pyridine rings is 1. The van der Waals surface area contributed by atoms with Crippen LogP contribution in [-0.4, -0.2) is 30.0 Å². The van der Waals surface area contributed by atoms with E-state index in [1.807, 2.05) is 0 Å². The summed E-state index contributed by atoms with van der Waals surface area (Å²) in [5, 5.41) is 6.16. The molecule has 15 heavy (non-hydrogen) atoms. The zero-order valence-electron chi connectivity index (χ0n) is 8.16. The summed E-state index contributed by atoms with van der Waals surface area (Å²) in [5.74, 6) is -0.0579. The van der Waals surface area contributed by atoms with E-state index in [1.165, 1.54) is 0 Å². The van der Waals surface area contributed by atoms with Gasteiger partial charge in [0, 0.05) is 29.5 Å². The van der Waals surface area contributed by atoms with Gasteiger partial charge in [-0.25, -0.2) is 0 Å². The maximum atomic E-state index is 11.8. The predicted octanol–water partition coefficient (Wildman–Crippen LogP) is 0.936. The number of aromatic nitrogens is 1. The first-order valence-corrected chi connectivity index (χ1v) is 5.67. The third-order valence-corrected chi connectivity index (χ3v) is 2.80. The van der Waals surface area contributed by atoms with E-state index in [-0.39, 0.29) is 11.9 Å². The molecule has 1 aliphatic rings. The normalized spacial score (nSPS) is 20.2. The third-order valence-electron chi connectivity index (χ3n) is 2.36. The minimum Gasteiger partial charge on any atom is -0.348 e. The maximum absolute atomic E-state index is 11.8. The SMILES string of the molecule is O=C(N[C@H]1CCNC1)c1cncc(Br)c1. The number of halogens is 1. The van der Waals surface area contributed by atoms with Crippen LogP contribution in [0.25, 0.3) is 0 Å².